The van der Waals surface area contributed by atoms with Crippen molar-refractivity contribution in [3.05, 3.63) is 65.7 Å². The van der Waals surface area contributed by atoms with Crippen LogP contribution in [0.5, 0.6) is 0 Å². The molecule has 0 aromatic heterocycles. The quantitative estimate of drug-likeness (QED) is 0.720. The van der Waals surface area contributed by atoms with Gasteiger partial charge in [0.1, 0.15) is 6.04 Å². The van der Waals surface area contributed by atoms with Crippen molar-refractivity contribution >= 4 is 21.6 Å². The lowest BCUT2D eigenvalue weighted by molar-refractivity contribution is -0.122. The number of sulfonamides is 1. The molecule has 29 heavy (non-hydrogen) atoms. The average molecular weight is 416 g/mol. The summed E-state index contributed by atoms with van der Waals surface area (Å²) in [7, 11) is -3.59. The molecule has 1 atom stereocenters. The van der Waals surface area contributed by atoms with Gasteiger partial charge in [0.05, 0.1) is 11.9 Å². The van der Waals surface area contributed by atoms with Crippen molar-refractivity contribution in [3.63, 3.8) is 0 Å². The maximum Gasteiger partial charge on any atom is 0.243 e. The SMILES string of the molecule is CC(C(=O)NCc1ccc(CN2CCCC2)cc1)N(c1ccccc1)S(C)(=O)=O. The first-order chi connectivity index (χ1) is 13.8. The minimum absolute atomic E-state index is 0.333. The molecule has 0 radical (unpaired) electrons. The Balaban J connectivity index is 1.60. The number of nitrogens with zero attached hydrogens (tertiary/aromatic N) is 2. The summed E-state index contributed by atoms with van der Waals surface area (Å²) in [5, 5.41) is 2.86. The molecule has 156 valence electrons. The van der Waals surface area contributed by atoms with Crippen LogP contribution in [0.25, 0.3) is 0 Å². The summed E-state index contributed by atoms with van der Waals surface area (Å²) in [4.78, 5) is 15.1. The standard InChI is InChI=1S/C22H29N3O3S/c1-18(25(29(2,27)28)21-8-4-3-5-9-21)22(26)23-16-19-10-12-20(13-11-19)17-24-14-6-7-15-24/h3-5,8-13,18H,6-7,14-17H2,1-2H3,(H,23,26). The van der Waals surface area contributed by atoms with Crippen LogP contribution in [0.1, 0.15) is 30.9 Å². The second kappa shape index (κ2) is 9.41. The average Bonchev–Trinajstić information content (AvgIpc) is 3.20. The number of benzene rings is 2. The van der Waals surface area contributed by atoms with E-state index < -0.39 is 16.1 Å². The van der Waals surface area contributed by atoms with Crippen LogP contribution in [0.2, 0.25) is 0 Å². The van der Waals surface area contributed by atoms with E-state index in [1.807, 2.05) is 18.2 Å². The smallest absolute Gasteiger partial charge is 0.243 e. The van der Waals surface area contributed by atoms with E-state index in [0.29, 0.717) is 12.2 Å². The zero-order valence-electron chi connectivity index (χ0n) is 17.0. The molecule has 0 aliphatic carbocycles. The van der Waals surface area contributed by atoms with Crippen LogP contribution in [0, 0.1) is 0 Å². The van der Waals surface area contributed by atoms with Gasteiger partial charge in [0.25, 0.3) is 0 Å². The van der Waals surface area contributed by atoms with Gasteiger partial charge in [-0.2, -0.15) is 0 Å². The summed E-state index contributed by atoms with van der Waals surface area (Å²) < 4.78 is 25.7. The molecule has 3 rings (SSSR count). The summed E-state index contributed by atoms with van der Waals surface area (Å²) in [6.07, 6.45) is 3.66. The maximum atomic E-state index is 12.7. The van der Waals surface area contributed by atoms with Gasteiger partial charge in [0.15, 0.2) is 0 Å². The number of carbonyl (C=O) groups is 1. The number of nitrogens with one attached hydrogen (secondary N) is 1. The Kier molecular flexibility index (Phi) is 6.92. The number of carbonyl (C=O) groups excluding carboxylic acids is 1. The van der Waals surface area contributed by atoms with E-state index in [2.05, 4.69) is 22.3 Å². The van der Waals surface area contributed by atoms with Gasteiger partial charge >= 0.3 is 0 Å². The minimum atomic E-state index is -3.59. The molecule has 1 aliphatic heterocycles. The maximum absolute atomic E-state index is 12.7. The van der Waals surface area contributed by atoms with E-state index >= 15 is 0 Å². The fourth-order valence-corrected chi connectivity index (χ4v) is 4.86. The highest BCUT2D eigenvalue weighted by atomic mass is 32.2. The van der Waals surface area contributed by atoms with Gasteiger partial charge in [-0.15, -0.1) is 0 Å². The highest BCUT2D eigenvalue weighted by molar-refractivity contribution is 7.92. The monoisotopic (exact) mass is 415 g/mol. The first kappa shape index (κ1) is 21.3. The number of anilines is 1. The molecule has 1 amide bonds. The molecule has 1 heterocycles. The Morgan fingerprint density at radius 3 is 2.21 bits per heavy atom. The summed E-state index contributed by atoms with van der Waals surface area (Å²) in [6.45, 7) is 5.24. The largest absolute Gasteiger partial charge is 0.350 e. The van der Waals surface area contributed by atoms with Gasteiger partial charge in [0.2, 0.25) is 15.9 Å². The lowest BCUT2D eigenvalue weighted by Crippen LogP contribution is -2.47. The number of hydrogen-bond donors (Lipinski definition) is 1. The van der Waals surface area contributed by atoms with Crippen molar-refractivity contribution in [2.75, 3.05) is 23.7 Å². The van der Waals surface area contributed by atoms with Crippen molar-refractivity contribution in [1.29, 1.82) is 0 Å². The van der Waals surface area contributed by atoms with Gasteiger partial charge < -0.3 is 5.32 Å². The third-order valence-electron chi connectivity index (χ3n) is 5.19. The van der Waals surface area contributed by atoms with E-state index in [1.165, 1.54) is 18.4 Å². The molecule has 1 saturated heterocycles. The number of amides is 1. The lowest BCUT2D eigenvalue weighted by atomic mass is 10.1. The molecule has 2 aromatic rings. The predicted octanol–water partition coefficient (Wildman–Crippen LogP) is 2.75. The fourth-order valence-electron chi connectivity index (χ4n) is 3.68. The normalized spacial score (nSPS) is 15.8. The predicted molar refractivity (Wildman–Crippen MR) is 116 cm³/mol. The van der Waals surface area contributed by atoms with Gasteiger partial charge in [-0.1, -0.05) is 42.5 Å². The van der Waals surface area contributed by atoms with Gasteiger partial charge in [-0.3, -0.25) is 14.0 Å². The van der Waals surface area contributed by atoms with E-state index in [1.54, 1.807) is 31.2 Å². The van der Waals surface area contributed by atoms with Crippen molar-refractivity contribution in [1.82, 2.24) is 10.2 Å². The second-order valence-electron chi connectivity index (χ2n) is 7.59. The van der Waals surface area contributed by atoms with Crippen LogP contribution < -0.4 is 9.62 Å². The topological polar surface area (TPSA) is 69.7 Å². The molecular weight excluding hydrogens is 386 g/mol. The van der Waals surface area contributed by atoms with Gasteiger partial charge in [0, 0.05) is 13.1 Å². The van der Waals surface area contributed by atoms with Crippen LogP contribution in [0.4, 0.5) is 5.69 Å². The first-order valence-electron chi connectivity index (χ1n) is 9.97. The highest BCUT2D eigenvalue weighted by Crippen LogP contribution is 2.20. The molecule has 1 N–H and O–H groups in total. The van der Waals surface area contributed by atoms with E-state index in [9.17, 15) is 13.2 Å². The Hall–Kier alpha value is -2.38. The zero-order valence-corrected chi connectivity index (χ0v) is 17.9. The third-order valence-corrected chi connectivity index (χ3v) is 6.44. The molecule has 0 bridgehead atoms. The third kappa shape index (κ3) is 5.81. The van der Waals surface area contributed by atoms with Crippen LogP contribution in [0.15, 0.2) is 54.6 Å². The van der Waals surface area contributed by atoms with Crippen molar-refractivity contribution in [2.45, 2.75) is 38.9 Å². The summed E-state index contributed by atoms with van der Waals surface area (Å²) >= 11 is 0. The molecule has 0 saturated carbocycles. The van der Waals surface area contributed by atoms with Crippen molar-refractivity contribution in [2.24, 2.45) is 0 Å². The van der Waals surface area contributed by atoms with E-state index in [4.69, 9.17) is 0 Å². The molecule has 1 unspecified atom stereocenters. The summed E-state index contributed by atoms with van der Waals surface area (Å²) in [5.74, 6) is -0.333. The van der Waals surface area contributed by atoms with Crippen molar-refractivity contribution in [3.8, 4) is 0 Å². The molecule has 1 fully saturated rings. The molecule has 1 aliphatic rings. The number of rotatable bonds is 8. The van der Waals surface area contributed by atoms with E-state index in [-0.39, 0.29) is 5.91 Å². The Bertz CT molecular complexity index is 908. The Morgan fingerprint density at radius 1 is 1.03 bits per heavy atom. The van der Waals surface area contributed by atoms with Crippen LogP contribution in [-0.4, -0.2) is 44.6 Å². The van der Waals surface area contributed by atoms with Crippen LogP contribution in [0.3, 0.4) is 0 Å². The highest BCUT2D eigenvalue weighted by Gasteiger charge is 2.28. The molecule has 2 aromatic carbocycles. The number of para-hydroxylation sites is 1. The lowest BCUT2D eigenvalue weighted by Gasteiger charge is -2.28. The first-order valence-corrected chi connectivity index (χ1v) is 11.8. The molecule has 0 spiro atoms. The van der Waals surface area contributed by atoms with Gasteiger partial charge in [-0.05, 0) is 56.1 Å². The molecular formula is C22H29N3O3S. The van der Waals surface area contributed by atoms with Crippen LogP contribution >= 0.6 is 0 Å². The summed E-state index contributed by atoms with van der Waals surface area (Å²) in [5.41, 5.74) is 2.73. The number of hydrogen-bond acceptors (Lipinski definition) is 4. The summed E-state index contributed by atoms with van der Waals surface area (Å²) in [6, 6.07) is 16.1. The van der Waals surface area contributed by atoms with E-state index in [0.717, 1.165) is 35.8 Å². The second-order valence-corrected chi connectivity index (χ2v) is 9.45. The zero-order chi connectivity index (χ0) is 20.9. The van der Waals surface area contributed by atoms with Crippen LogP contribution in [-0.2, 0) is 27.9 Å². The molecule has 7 heteroatoms. The van der Waals surface area contributed by atoms with Crippen molar-refractivity contribution < 1.29 is 13.2 Å². The van der Waals surface area contributed by atoms with Gasteiger partial charge in [-0.25, -0.2) is 8.42 Å². The Labute approximate surface area is 173 Å². The Morgan fingerprint density at radius 2 is 1.62 bits per heavy atom. The number of likely N-dealkylation sites (tertiary alicyclic amines) is 1. The molecule has 6 nitrogen and oxygen atoms in total. The fraction of sp³-hybridized carbons (Fsp3) is 0.409. The minimum Gasteiger partial charge on any atom is -0.350 e.